The molecule has 0 amide bonds. The number of hydrogen-bond acceptors (Lipinski definition) is 3. The van der Waals surface area contributed by atoms with Gasteiger partial charge in [-0.15, -0.1) is 0 Å². The number of nitrogens with two attached hydrogens (primary N) is 1. The fraction of sp³-hybridized carbons (Fsp3) is 0.692. The highest BCUT2D eigenvalue weighted by Crippen LogP contribution is 2.37. The fourth-order valence-corrected chi connectivity index (χ4v) is 2.92. The standard InChI is InChI=1S/C13H22N2O/c1-9-4-3-5-11(6-9)13(15-14)12-7-10(2)16-8-12/h7-9,11,13,15H,3-6,14H2,1-2H3. The second-order valence-electron chi connectivity index (χ2n) is 5.17. The summed E-state index contributed by atoms with van der Waals surface area (Å²) in [6, 6.07) is 2.34. The van der Waals surface area contributed by atoms with Crippen LogP contribution in [0.2, 0.25) is 0 Å². The minimum absolute atomic E-state index is 0.250. The molecule has 0 aliphatic heterocycles. The molecule has 1 saturated carbocycles. The third kappa shape index (κ3) is 2.47. The maximum atomic E-state index is 5.70. The van der Waals surface area contributed by atoms with Gasteiger partial charge in [-0.2, -0.15) is 0 Å². The summed E-state index contributed by atoms with van der Waals surface area (Å²) in [6.07, 6.45) is 7.04. The van der Waals surface area contributed by atoms with Crippen molar-refractivity contribution in [2.24, 2.45) is 17.7 Å². The fourth-order valence-electron chi connectivity index (χ4n) is 2.92. The monoisotopic (exact) mass is 222 g/mol. The molecule has 1 aliphatic rings. The Morgan fingerprint density at radius 3 is 2.88 bits per heavy atom. The summed E-state index contributed by atoms with van der Waals surface area (Å²) in [5, 5.41) is 0. The molecule has 1 heterocycles. The second kappa shape index (κ2) is 5.02. The van der Waals surface area contributed by atoms with Crippen LogP contribution in [0.1, 0.15) is 50.0 Å². The van der Waals surface area contributed by atoms with E-state index >= 15 is 0 Å². The summed E-state index contributed by atoms with van der Waals surface area (Å²) in [6.45, 7) is 4.31. The molecular weight excluding hydrogens is 200 g/mol. The molecule has 0 spiro atoms. The van der Waals surface area contributed by atoms with Crippen molar-refractivity contribution >= 4 is 0 Å². The van der Waals surface area contributed by atoms with E-state index in [0.717, 1.165) is 11.7 Å². The second-order valence-corrected chi connectivity index (χ2v) is 5.17. The summed E-state index contributed by atoms with van der Waals surface area (Å²) in [5.74, 6) is 8.12. The van der Waals surface area contributed by atoms with Crippen molar-refractivity contribution in [2.75, 3.05) is 0 Å². The van der Waals surface area contributed by atoms with Gasteiger partial charge in [-0.25, -0.2) is 0 Å². The molecule has 1 aromatic heterocycles. The summed E-state index contributed by atoms with van der Waals surface area (Å²) < 4.78 is 5.37. The summed E-state index contributed by atoms with van der Waals surface area (Å²) in [7, 11) is 0. The van der Waals surface area contributed by atoms with Crippen LogP contribution in [0.15, 0.2) is 16.7 Å². The number of hydrogen-bond donors (Lipinski definition) is 2. The average Bonchev–Trinajstić information content (AvgIpc) is 2.66. The number of nitrogens with one attached hydrogen (secondary N) is 1. The molecule has 3 N–H and O–H groups in total. The van der Waals surface area contributed by atoms with Gasteiger partial charge in [0.15, 0.2) is 0 Å². The van der Waals surface area contributed by atoms with Crippen LogP contribution in [-0.2, 0) is 0 Å². The van der Waals surface area contributed by atoms with Crippen molar-refractivity contribution in [3.05, 3.63) is 23.7 Å². The zero-order valence-corrected chi connectivity index (χ0v) is 10.2. The Labute approximate surface area is 97.4 Å². The van der Waals surface area contributed by atoms with Crippen molar-refractivity contribution in [3.63, 3.8) is 0 Å². The van der Waals surface area contributed by atoms with Gasteiger partial charge in [0.2, 0.25) is 0 Å². The molecule has 3 heteroatoms. The highest BCUT2D eigenvalue weighted by Gasteiger charge is 2.27. The Bertz CT molecular complexity index is 334. The van der Waals surface area contributed by atoms with Crippen LogP contribution in [0.25, 0.3) is 0 Å². The topological polar surface area (TPSA) is 51.2 Å². The van der Waals surface area contributed by atoms with Gasteiger partial charge in [0, 0.05) is 5.56 Å². The lowest BCUT2D eigenvalue weighted by Crippen LogP contribution is -2.35. The van der Waals surface area contributed by atoms with E-state index in [1.807, 2.05) is 13.2 Å². The van der Waals surface area contributed by atoms with E-state index in [9.17, 15) is 0 Å². The smallest absolute Gasteiger partial charge is 0.101 e. The first-order chi connectivity index (χ1) is 7.70. The van der Waals surface area contributed by atoms with Crippen molar-refractivity contribution in [2.45, 2.75) is 45.6 Å². The van der Waals surface area contributed by atoms with E-state index in [-0.39, 0.29) is 6.04 Å². The molecule has 90 valence electrons. The minimum atomic E-state index is 0.250. The van der Waals surface area contributed by atoms with Crippen LogP contribution in [-0.4, -0.2) is 0 Å². The molecule has 0 radical (unpaired) electrons. The predicted molar refractivity (Wildman–Crippen MR) is 64.6 cm³/mol. The number of hydrazine groups is 1. The van der Waals surface area contributed by atoms with Gasteiger partial charge in [0.1, 0.15) is 5.76 Å². The molecule has 2 rings (SSSR count). The molecule has 0 bridgehead atoms. The minimum Gasteiger partial charge on any atom is -0.469 e. The van der Waals surface area contributed by atoms with Gasteiger partial charge >= 0.3 is 0 Å². The average molecular weight is 222 g/mol. The summed E-state index contributed by atoms with van der Waals surface area (Å²) in [5.41, 5.74) is 4.16. The van der Waals surface area contributed by atoms with E-state index in [1.165, 1.54) is 31.2 Å². The zero-order chi connectivity index (χ0) is 11.5. The van der Waals surface area contributed by atoms with E-state index in [0.29, 0.717) is 5.92 Å². The molecule has 16 heavy (non-hydrogen) atoms. The molecule has 1 aliphatic carbocycles. The lowest BCUT2D eigenvalue weighted by molar-refractivity contribution is 0.224. The molecule has 1 aromatic rings. The molecule has 3 nitrogen and oxygen atoms in total. The van der Waals surface area contributed by atoms with Crippen LogP contribution in [0.4, 0.5) is 0 Å². The normalized spacial score (nSPS) is 27.9. The van der Waals surface area contributed by atoms with Gasteiger partial charge in [-0.3, -0.25) is 11.3 Å². The lowest BCUT2D eigenvalue weighted by Gasteiger charge is -2.32. The molecule has 1 fully saturated rings. The first-order valence-corrected chi connectivity index (χ1v) is 6.22. The maximum Gasteiger partial charge on any atom is 0.101 e. The SMILES string of the molecule is Cc1cc(C(NN)C2CCCC(C)C2)co1. The Morgan fingerprint density at radius 2 is 2.31 bits per heavy atom. The van der Waals surface area contributed by atoms with Crippen molar-refractivity contribution < 1.29 is 4.42 Å². The Morgan fingerprint density at radius 1 is 1.50 bits per heavy atom. The zero-order valence-electron chi connectivity index (χ0n) is 10.2. The third-order valence-corrected chi connectivity index (χ3v) is 3.74. The van der Waals surface area contributed by atoms with Gasteiger partial charge < -0.3 is 4.42 Å². The largest absolute Gasteiger partial charge is 0.469 e. The van der Waals surface area contributed by atoms with Crippen LogP contribution >= 0.6 is 0 Å². The molecule has 0 aromatic carbocycles. The van der Waals surface area contributed by atoms with Crippen LogP contribution in [0.5, 0.6) is 0 Å². The maximum absolute atomic E-state index is 5.70. The quantitative estimate of drug-likeness (QED) is 0.610. The van der Waals surface area contributed by atoms with Crippen LogP contribution in [0, 0.1) is 18.8 Å². The number of rotatable bonds is 3. The van der Waals surface area contributed by atoms with E-state index in [1.54, 1.807) is 0 Å². The Balaban J connectivity index is 2.09. The van der Waals surface area contributed by atoms with Gasteiger partial charge in [0.25, 0.3) is 0 Å². The van der Waals surface area contributed by atoms with Crippen LogP contribution in [0.3, 0.4) is 0 Å². The molecule has 3 unspecified atom stereocenters. The third-order valence-electron chi connectivity index (χ3n) is 3.74. The van der Waals surface area contributed by atoms with E-state index in [4.69, 9.17) is 10.3 Å². The number of furan rings is 1. The molecule has 3 atom stereocenters. The van der Waals surface area contributed by atoms with Crippen molar-refractivity contribution in [1.82, 2.24) is 5.43 Å². The molecule has 0 saturated heterocycles. The van der Waals surface area contributed by atoms with Crippen molar-refractivity contribution in [1.29, 1.82) is 0 Å². The van der Waals surface area contributed by atoms with Gasteiger partial charge in [-0.05, 0) is 37.7 Å². The van der Waals surface area contributed by atoms with Gasteiger partial charge in [0.05, 0.1) is 12.3 Å². The highest BCUT2D eigenvalue weighted by molar-refractivity contribution is 5.17. The first kappa shape index (κ1) is 11.7. The van der Waals surface area contributed by atoms with E-state index in [2.05, 4.69) is 18.4 Å². The molecular formula is C13H22N2O. The lowest BCUT2D eigenvalue weighted by atomic mass is 9.77. The van der Waals surface area contributed by atoms with Gasteiger partial charge in [-0.1, -0.05) is 19.8 Å². The van der Waals surface area contributed by atoms with E-state index < -0.39 is 0 Å². The highest BCUT2D eigenvalue weighted by atomic mass is 16.3. The number of aryl methyl sites for hydroxylation is 1. The van der Waals surface area contributed by atoms with Crippen LogP contribution < -0.4 is 11.3 Å². The summed E-state index contributed by atoms with van der Waals surface area (Å²) >= 11 is 0. The Hall–Kier alpha value is -0.800. The predicted octanol–water partition coefficient (Wildman–Crippen LogP) is 2.92. The van der Waals surface area contributed by atoms with Crippen molar-refractivity contribution in [3.8, 4) is 0 Å². The summed E-state index contributed by atoms with van der Waals surface area (Å²) in [4.78, 5) is 0. The Kier molecular flexibility index (Phi) is 3.66. The first-order valence-electron chi connectivity index (χ1n) is 6.22.